The zero-order valence-corrected chi connectivity index (χ0v) is 22.8. The molecule has 0 unspecified atom stereocenters. The maximum Gasteiger partial charge on any atom is 0.215 e. The molecule has 1 aliphatic heterocycles. The van der Waals surface area contributed by atoms with Gasteiger partial charge in [0.1, 0.15) is 5.52 Å². The maximum atomic E-state index is 13.5. The van der Waals surface area contributed by atoms with Gasteiger partial charge >= 0.3 is 0 Å². The Bertz CT molecular complexity index is 1310. The van der Waals surface area contributed by atoms with Gasteiger partial charge in [-0.3, -0.25) is 14.7 Å². The lowest BCUT2D eigenvalue weighted by Crippen LogP contribution is -2.19. The van der Waals surface area contributed by atoms with E-state index in [0.717, 1.165) is 48.1 Å². The number of carbonyl (C=O) groups is 1. The molecule has 0 amide bonds. The quantitative estimate of drug-likeness (QED) is 0.287. The van der Waals surface area contributed by atoms with E-state index >= 15 is 0 Å². The number of nitrogens with zero attached hydrogens (tertiary/aromatic N) is 3. The molecule has 4 aromatic rings. The molecule has 5 heteroatoms. The monoisotopic (exact) mass is 497 g/mol. The third-order valence-electron chi connectivity index (χ3n) is 6.22. The molecule has 194 valence electrons. The van der Waals surface area contributed by atoms with Crippen LogP contribution in [0.5, 0.6) is 5.75 Å². The summed E-state index contributed by atoms with van der Waals surface area (Å²) in [6, 6.07) is 18.2. The molecule has 0 spiro atoms. The fraction of sp³-hybridized carbons (Fsp3) is 0.344. The Balaban J connectivity index is 0.000000907. The first-order valence-electron chi connectivity index (χ1n) is 13.4. The van der Waals surface area contributed by atoms with E-state index in [4.69, 9.17) is 0 Å². The molecule has 0 bridgehead atoms. The first-order chi connectivity index (χ1) is 18.1. The number of benzene rings is 2. The van der Waals surface area contributed by atoms with Crippen molar-refractivity contribution in [3.63, 3.8) is 0 Å². The predicted molar refractivity (Wildman–Crippen MR) is 152 cm³/mol. The number of likely N-dealkylation sites (tertiary alicyclic amines) is 1. The second-order valence-corrected chi connectivity index (χ2v) is 8.92. The third kappa shape index (κ3) is 7.01. The van der Waals surface area contributed by atoms with Crippen LogP contribution in [0.4, 0.5) is 0 Å². The molecular formula is C32H39N3O2. The van der Waals surface area contributed by atoms with Crippen molar-refractivity contribution in [3.8, 4) is 5.75 Å². The van der Waals surface area contributed by atoms with Crippen molar-refractivity contribution in [2.45, 2.75) is 60.4 Å². The van der Waals surface area contributed by atoms with Crippen LogP contribution in [-0.4, -0.2) is 38.8 Å². The lowest BCUT2D eigenvalue weighted by molar-refractivity contribution is 0.103. The number of aromatic hydroxyl groups is 1. The lowest BCUT2D eigenvalue weighted by Gasteiger charge is -2.17. The minimum Gasteiger partial charge on any atom is -0.504 e. The molecule has 2 aromatic heterocycles. The topological polar surface area (TPSA) is 66.3 Å². The van der Waals surface area contributed by atoms with Gasteiger partial charge in [-0.1, -0.05) is 64.1 Å². The molecule has 0 aliphatic carbocycles. The van der Waals surface area contributed by atoms with Crippen molar-refractivity contribution < 1.29 is 9.90 Å². The summed E-state index contributed by atoms with van der Waals surface area (Å²) in [6.07, 6.45) is 6.48. The molecule has 1 fully saturated rings. The maximum absolute atomic E-state index is 13.5. The van der Waals surface area contributed by atoms with Gasteiger partial charge in [-0.25, -0.2) is 4.98 Å². The number of pyridine rings is 2. The van der Waals surface area contributed by atoms with Gasteiger partial charge in [-0.2, -0.15) is 0 Å². The Morgan fingerprint density at radius 2 is 1.54 bits per heavy atom. The van der Waals surface area contributed by atoms with E-state index in [1.807, 2.05) is 71.0 Å². The van der Waals surface area contributed by atoms with E-state index in [9.17, 15) is 9.90 Å². The summed E-state index contributed by atoms with van der Waals surface area (Å²) in [6.45, 7) is 12.9. The van der Waals surface area contributed by atoms with Crippen LogP contribution in [0.3, 0.4) is 0 Å². The zero-order chi connectivity index (χ0) is 26.8. The molecule has 1 aliphatic rings. The highest BCUT2D eigenvalue weighted by Gasteiger charge is 2.20. The predicted octanol–water partition coefficient (Wildman–Crippen LogP) is 7.11. The van der Waals surface area contributed by atoms with Gasteiger partial charge in [-0.15, -0.1) is 0 Å². The van der Waals surface area contributed by atoms with Gasteiger partial charge in [0, 0.05) is 29.9 Å². The van der Waals surface area contributed by atoms with Crippen LogP contribution >= 0.6 is 0 Å². The molecule has 3 heterocycles. The van der Waals surface area contributed by atoms with Crippen LogP contribution in [0.15, 0.2) is 67.0 Å². The largest absolute Gasteiger partial charge is 0.504 e. The standard InChI is InChI=1S/C28H27N3O2.2C2H6/c1-19-11-24-17-30-26(28(33)25(24)29-16-19)27(32)23-14-21(12-20-7-3-2-4-8-20)13-22(15-23)18-31-9-5-6-10-31;2*1-2/h2-4,7-8,11,13-17,33H,5-6,9-10,12,18H2,1H3;2*1-2H3. The molecule has 1 N–H and O–H groups in total. The average Bonchev–Trinajstić information content (AvgIpc) is 3.44. The van der Waals surface area contributed by atoms with Crippen LogP contribution in [-0.2, 0) is 13.0 Å². The summed E-state index contributed by atoms with van der Waals surface area (Å²) < 4.78 is 0. The van der Waals surface area contributed by atoms with Gasteiger partial charge in [0.05, 0.1) is 0 Å². The first kappa shape index (κ1) is 28.0. The van der Waals surface area contributed by atoms with Crippen molar-refractivity contribution in [2.24, 2.45) is 0 Å². The SMILES string of the molecule is CC.CC.Cc1cnc2c(O)c(C(=O)c3cc(Cc4ccccc4)cc(CN4CCCC4)c3)ncc2c1. The van der Waals surface area contributed by atoms with E-state index in [2.05, 4.69) is 33.1 Å². The molecule has 0 radical (unpaired) electrons. The molecule has 0 saturated carbocycles. The molecule has 0 atom stereocenters. The highest BCUT2D eigenvalue weighted by Crippen LogP contribution is 2.28. The molecular weight excluding hydrogens is 458 g/mol. The van der Waals surface area contributed by atoms with E-state index in [-0.39, 0.29) is 17.2 Å². The lowest BCUT2D eigenvalue weighted by atomic mass is 9.96. The fourth-order valence-corrected chi connectivity index (χ4v) is 4.62. The number of fused-ring (bicyclic) bond motifs is 1. The fourth-order valence-electron chi connectivity index (χ4n) is 4.62. The van der Waals surface area contributed by atoms with Gasteiger partial charge in [0.2, 0.25) is 5.78 Å². The minimum absolute atomic E-state index is 0.0443. The van der Waals surface area contributed by atoms with E-state index in [1.54, 1.807) is 12.4 Å². The van der Waals surface area contributed by atoms with Crippen molar-refractivity contribution in [1.82, 2.24) is 14.9 Å². The number of carbonyl (C=O) groups excluding carboxylic acids is 1. The number of aromatic nitrogens is 2. The molecule has 2 aromatic carbocycles. The van der Waals surface area contributed by atoms with Crippen LogP contribution in [0.1, 0.15) is 78.8 Å². The second-order valence-electron chi connectivity index (χ2n) is 8.92. The number of ketones is 1. The zero-order valence-electron chi connectivity index (χ0n) is 22.8. The van der Waals surface area contributed by atoms with Crippen molar-refractivity contribution in [3.05, 3.63) is 101 Å². The van der Waals surface area contributed by atoms with Gasteiger partial charge in [0.15, 0.2) is 11.4 Å². The third-order valence-corrected chi connectivity index (χ3v) is 6.22. The van der Waals surface area contributed by atoms with Gasteiger partial charge < -0.3 is 5.11 Å². The van der Waals surface area contributed by atoms with E-state index in [0.29, 0.717) is 11.1 Å². The second kappa shape index (κ2) is 13.7. The Hall–Kier alpha value is -3.57. The van der Waals surface area contributed by atoms with Gasteiger partial charge in [0.25, 0.3) is 0 Å². The Kier molecular flexibility index (Phi) is 10.3. The Morgan fingerprint density at radius 1 is 0.865 bits per heavy atom. The highest BCUT2D eigenvalue weighted by atomic mass is 16.3. The molecule has 37 heavy (non-hydrogen) atoms. The van der Waals surface area contributed by atoms with Crippen LogP contribution in [0.2, 0.25) is 0 Å². The molecule has 5 nitrogen and oxygen atoms in total. The van der Waals surface area contributed by atoms with E-state index < -0.39 is 0 Å². The van der Waals surface area contributed by atoms with Crippen LogP contribution in [0.25, 0.3) is 10.9 Å². The highest BCUT2D eigenvalue weighted by molar-refractivity contribution is 6.11. The summed E-state index contributed by atoms with van der Waals surface area (Å²) in [5.41, 5.74) is 5.35. The average molecular weight is 498 g/mol. The number of hydrogen-bond donors (Lipinski definition) is 1. The summed E-state index contributed by atoms with van der Waals surface area (Å²) in [4.78, 5) is 24.6. The summed E-state index contributed by atoms with van der Waals surface area (Å²) >= 11 is 0. The van der Waals surface area contributed by atoms with Crippen molar-refractivity contribution in [1.29, 1.82) is 0 Å². The Labute approximate surface area is 221 Å². The summed E-state index contributed by atoms with van der Waals surface area (Å²) in [7, 11) is 0. The summed E-state index contributed by atoms with van der Waals surface area (Å²) in [5, 5.41) is 11.5. The minimum atomic E-state index is -0.283. The van der Waals surface area contributed by atoms with Crippen LogP contribution < -0.4 is 0 Å². The van der Waals surface area contributed by atoms with Crippen molar-refractivity contribution >= 4 is 16.7 Å². The smallest absolute Gasteiger partial charge is 0.215 e. The number of hydrogen-bond acceptors (Lipinski definition) is 5. The van der Waals surface area contributed by atoms with E-state index in [1.165, 1.54) is 18.4 Å². The first-order valence-corrected chi connectivity index (χ1v) is 13.4. The number of rotatable bonds is 6. The Morgan fingerprint density at radius 3 is 2.24 bits per heavy atom. The molecule has 5 rings (SSSR count). The van der Waals surface area contributed by atoms with Gasteiger partial charge in [-0.05, 0) is 79.7 Å². The summed E-state index contributed by atoms with van der Waals surface area (Å²) in [5.74, 6) is -0.443. The number of aryl methyl sites for hydroxylation is 1. The van der Waals surface area contributed by atoms with Crippen LogP contribution in [0, 0.1) is 6.92 Å². The van der Waals surface area contributed by atoms with Crippen molar-refractivity contribution in [2.75, 3.05) is 13.1 Å². The molecule has 1 saturated heterocycles. The normalized spacial score (nSPS) is 12.9.